The number of aliphatic hydroxyl groups excluding tert-OH is 2. The summed E-state index contributed by atoms with van der Waals surface area (Å²) < 4.78 is 63.1. The SMILES string of the molecule is C=Cc1ccccc1-n1ncc2c1C=C1CC[C@H]3[C@@H]4C[C@H](C)[C@](OC(=O)CC)(C(=O)COC(=O)CC)[C@@]4(C)C[C@H](O)[C@]3(F)[C@@]1(C)C2.CCC(=O)OCC(=O)[C@@]1(OC(=O)CC)[C@@H](C)C[C@H]2[C@@H]3CCC4=Cc5c(cnn5-c5ccccc5C)C[C@]4(C)[C@@]3(F)[C@@H](O)C[C@@]21C. The number of allylic oxidation sites excluding steroid dienone is 2. The topological polar surface area (TPSA) is 215 Å². The van der Waals surface area contributed by atoms with E-state index < -0.39 is 129 Å². The number of esters is 4. The molecule has 2 heterocycles. The van der Waals surface area contributed by atoms with Gasteiger partial charge in [-0.3, -0.25) is 28.8 Å². The van der Waals surface area contributed by atoms with E-state index in [1.807, 2.05) is 113 Å². The van der Waals surface area contributed by atoms with Crippen LogP contribution in [0.5, 0.6) is 0 Å². The van der Waals surface area contributed by atoms with Crippen LogP contribution in [-0.2, 0) is 60.6 Å². The van der Waals surface area contributed by atoms with Crippen molar-refractivity contribution in [3.8, 4) is 11.4 Å². The zero-order valence-corrected chi connectivity index (χ0v) is 54.7. The van der Waals surface area contributed by atoms with Crippen molar-refractivity contribution in [1.82, 2.24) is 19.6 Å². The molecule has 2 N–H and O–H groups in total. The standard InChI is InChI=1S/C37H45FN2O6.C36H45FN2O6/c1-7-23-12-10-11-13-28(23)40-29-17-25-14-15-26-27-16-22(4)37(46-33(44)9-3,31(42)21-45-32(43)8-2)35(27,6)19-30(41)36(26,38)34(25,5)18-24(29)20-39-40;1-7-31(42)44-20-30(41)36(45-32(43)8-2)22(4)15-26-25-14-13-24-16-28-23(19-38-39(28)27-12-10-9-11-21(27)3)17-33(24,5)35(25,37)29(40)18-34(26,36)6/h7,10-13,17,20,22,26-27,30,41H,1,8-9,14-16,18-19,21H2,2-6H3;9-12,16,19,22,25-26,29,40H,7-8,13-15,17-18,20H2,1-6H3/t22-,26-,27-,30-,34-,35-,36-,37-;22-,25-,26-,29-,33-,34-,35-,36-/m00/s1. The third-order valence-corrected chi connectivity index (χ3v) is 24.2. The molecule has 0 unspecified atom stereocenters. The van der Waals surface area contributed by atoms with Crippen LogP contribution in [0.2, 0.25) is 0 Å². The first-order valence-electron chi connectivity index (χ1n) is 33.0. The highest BCUT2D eigenvalue weighted by atomic mass is 19.1. The molecule has 8 aliphatic carbocycles. The number of aryl methyl sites for hydroxylation is 1. The predicted molar refractivity (Wildman–Crippen MR) is 337 cm³/mol. The Balaban J connectivity index is 0.000000187. The van der Waals surface area contributed by atoms with Crippen molar-refractivity contribution in [3.05, 3.63) is 112 Å². The van der Waals surface area contributed by atoms with E-state index in [2.05, 4.69) is 18.7 Å². The smallest absolute Gasteiger partial charge is 0.306 e. The van der Waals surface area contributed by atoms with Crippen LogP contribution in [-0.4, -0.2) is 113 Å². The fourth-order valence-electron chi connectivity index (χ4n) is 19.7. The number of ketones is 2. The molecule has 91 heavy (non-hydrogen) atoms. The Morgan fingerprint density at radius 2 is 1.00 bits per heavy atom. The van der Waals surface area contributed by atoms with Crippen LogP contribution in [0.15, 0.2) is 78.6 Å². The number of halogens is 2. The Morgan fingerprint density at radius 3 is 1.41 bits per heavy atom. The van der Waals surface area contributed by atoms with Gasteiger partial charge in [-0.05, 0) is 130 Å². The molecule has 6 saturated carbocycles. The van der Waals surface area contributed by atoms with Crippen LogP contribution >= 0.6 is 0 Å². The number of rotatable bonds is 15. The Labute approximate surface area is 532 Å². The molecule has 16 nitrogen and oxygen atoms in total. The molecule has 4 aromatic rings. The van der Waals surface area contributed by atoms with Gasteiger partial charge in [0.1, 0.15) is 11.3 Å². The molecular weight excluding hydrogens is 1160 g/mol. The van der Waals surface area contributed by atoms with Crippen LogP contribution in [0.25, 0.3) is 29.6 Å². The number of carbonyl (C=O) groups is 6. The number of Topliss-reactive ketones (excluding diaryl/α,β-unsaturated/α-hetero) is 2. The number of nitrogens with zero attached hydrogens (tertiary/aromatic N) is 4. The molecule has 16 atom stereocenters. The van der Waals surface area contributed by atoms with Gasteiger partial charge in [-0.25, -0.2) is 18.1 Å². The predicted octanol–water partition coefficient (Wildman–Crippen LogP) is 12.1. The molecule has 0 radical (unpaired) electrons. The molecule has 12 rings (SSSR count). The summed E-state index contributed by atoms with van der Waals surface area (Å²) in [5, 5.41) is 33.5. The summed E-state index contributed by atoms with van der Waals surface area (Å²) in [7, 11) is 0. The van der Waals surface area contributed by atoms with Gasteiger partial charge in [0, 0.05) is 71.0 Å². The largest absolute Gasteiger partial charge is 0.457 e. The molecule has 488 valence electrons. The second-order valence-electron chi connectivity index (χ2n) is 28.4. The Hall–Kier alpha value is -6.92. The van der Waals surface area contributed by atoms with E-state index in [1.165, 1.54) is 0 Å². The molecule has 0 bridgehead atoms. The highest BCUT2D eigenvalue weighted by Gasteiger charge is 2.79. The number of ether oxygens (including phenoxy) is 4. The lowest BCUT2D eigenvalue weighted by molar-refractivity contribution is -0.234. The minimum Gasteiger partial charge on any atom is -0.457 e. The second kappa shape index (κ2) is 23.6. The summed E-state index contributed by atoms with van der Waals surface area (Å²) in [6, 6.07) is 15.9. The Kier molecular flexibility index (Phi) is 17.0. The Morgan fingerprint density at radius 1 is 0.604 bits per heavy atom. The molecule has 2 aromatic heterocycles. The lowest BCUT2D eigenvalue weighted by Crippen LogP contribution is -2.70. The normalized spacial score (nSPS) is 36.3. The van der Waals surface area contributed by atoms with E-state index in [0.717, 1.165) is 56.2 Å². The van der Waals surface area contributed by atoms with Crippen LogP contribution in [0.4, 0.5) is 8.78 Å². The molecule has 0 saturated heterocycles. The lowest BCUT2D eigenvalue weighted by Gasteiger charge is -2.63. The monoisotopic (exact) mass is 1250 g/mol. The summed E-state index contributed by atoms with van der Waals surface area (Å²) in [4.78, 5) is 78.0. The second-order valence-corrected chi connectivity index (χ2v) is 28.4. The van der Waals surface area contributed by atoms with Crippen LogP contribution in [0.1, 0.15) is 180 Å². The zero-order valence-electron chi connectivity index (χ0n) is 54.7. The maximum absolute atomic E-state index is 18.3. The molecule has 2 aromatic carbocycles. The molecule has 0 amide bonds. The first kappa shape index (κ1) is 65.6. The fourth-order valence-corrected chi connectivity index (χ4v) is 19.7. The molecule has 0 spiro atoms. The van der Waals surface area contributed by atoms with E-state index in [0.29, 0.717) is 51.4 Å². The third-order valence-electron chi connectivity index (χ3n) is 24.2. The van der Waals surface area contributed by atoms with Crippen molar-refractivity contribution in [3.63, 3.8) is 0 Å². The average molecular weight is 1250 g/mol. The first-order valence-corrected chi connectivity index (χ1v) is 33.0. The summed E-state index contributed by atoms with van der Waals surface area (Å²) >= 11 is 0. The van der Waals surface area contributed by atoms with E-state index >= 15 is 8.78 Å². The van der Waals surface area contributed by atoms with Gasteiger partial charge in [0.05, 0.1) is 47.4 Å². The van der Waals surface area contributed by atoms with Gasteiger partial charge >= 0.3 is 23.9 Å². The zero-order chi connectivity index (χ0) is 65.8. The number of fused-ring (bicyclic) bond motifs is 12. The third kappa shape index (κ3) is 9.40. The van der Waals surface area contributed by atoms with E-state index in [1.54, 1.807) is 40.0 Å². The summed E-state index contributed by atoms with van der Waals surface area (Å²) in [6.45, 7) is 22.8. The van der Waals surface area contributed by atoms with E-state index in [4.69, 9.17) is 29.1 Å². The van der Waals surface area contributed by atoms with Crippen molar-refractivity contribution < 1.29 is 66.7 Å². The van der Waals surface area contributed by atoms with Crippen LogP contribution < -0.4 is 0 Å². The number of aromatic nitrogens is 4. The number of aliphatic hydroxyl groups is 2. The minimum atomic E-state index is -2.00. The van der Waals surface area contributed by atoms with Crippen LogP contribution in [0, 0.1) is 64.1 Å². The van der Waals surface area contributed by atoms with Gasteiger partial charge in [0.25, 0.3) is 0 Å². The highest BCUT2D eigenvalue weighted by molar-refractivity contribution is 5.95. The summed E-state index contributed by atoms with van der Waals surface area (Å²) in [6.07, 6.45) is 10.8. The molecular formula is C73H90F2N4O12. The number of hydrogen-bond acceptors (Lipinski definition) is 14. The van der Waals surface area contributed by atoms with Crippen molar-refractivity contribution in [2.75, 3.05) is 13.2 Å². The van der Waals surface area contributed by atoms with Gasteiger partial charge in [0.15, 0.2) is 24.4 Å². The summed E-state index contributed by atoms with van der Waals surface area (Å²) in [5.41, 5.74) is -1.91. The van der Waals surface area contributed by atoms with Crippen LogP contribution in [0.3, 0.4) is 0 Å². The van der Waals surface area contributed by atoms with Crippen molar-refractivity contribution >= 4 is 53.7 Å². The maximum Gasteiger partial charge on any atom is 0.306 e. The van der Waals surface area contributed by atoms with E-state index in [9.17, 15) is 39.0 Å². The number of para-hydroxylation sites is 2. The minimum absolute atomic E-state index is 0.0514. The average Bonchev–Trinajstić information content (AvgIpc) is 1.64. The molecule has 0 aliphatic heterocycles. The van der Waals surface area contributed by atoms with Crippen molar-refractivity contribution in [2.45, 2.75) is 201 Å². The maximum atomic E-state index is 18.3. The van der Waals surface area contributed by atoms with Crippen molar-refractivity contribution in [1.29, 1.82) is 0 Å². The number of benzene rings is 2. The van der Waals surface area contributed by atoms with Gasteiger partial charge in [-0.1, -0.05) is 129 Å². The number of carbonyl (C=O) groups excluding carboxylic acids is 6. The molecule has 6 fully saturated rings. The first-order chi connectivity index (χ1) is 43.1. The quantitative estimate of drug-likeness (QED) is 0.0837. The van der Waals surface area contributed by atoms with Gasteiger partial charge < -0.3 is 29.2 Å². The Bertz CT molecular complexity index is 3680. The summed E-state index contributed by atoms with van der Waals surface area (Å²) in [5.74, 6) is -5.94. The molecule has 8 aliphatic rings. The molecule has 18 heteroatoms. The number of hydrogen-bond donors (Lipinski definition) is 2. The van der Waals surface area contributed by atoms with Crippen molar-refractivity contribution in [2.24, 2.45) is 57.2 Å². The van der Waals surface area contributed by atoms with E-state index in [-0.39, 0.29) is 50.4 Å². The van der Waals surface area contributed by atoms with Gasteiger partial charge in [0.2, 0.25) is 11.6 Å². The lowest BCUT2D eigenvalue weighted by atomic mass is 9.43. The number of alkyl halides is 2. The van der Waals surface area contributed by atoms with Gasteiger partial charge in [-0.2, -0.15) is 10.2 Å². The highest BCUT2D eigenvalue weighted by Crippen LogP contribution is 2.74. The fraction of sp³-hybridized carbons (Fsp3) is 0.589. The van der Waals surface area contributed by atoms with Gasteiger partial charge in [-0.15, -0.1) is 0 Å².